The molecule has 14 heavy (non-hydrogen) atoms. The predicted molar refractivity (Wildman–Crippen MR) is 49.4 cm³/mol. The Morgan fingerprint density at radius 3 is 2.71 bits per heavy atom. The third-order valence-corrected chi connectivity index (χ3v) is 2.28. The summed E-state index contributed by atoms with van der Waals surface area (Å²) in [5.41, 5.74) is -0.0131. The van der Waals surface area contributed by atoms with Crippen LogP contribution in [0.2, 0.25) is 0 Å². The first kappa shape index (κ1) is 11.3. The maximum absolute atomic E-state index is 12.4. The van der Waals surface area contributed by atoms with Gasteiger partial charge in [-0.05, 0) is 22.0 Å². The minimum atomic E-state index is -2.63. The van der Waals surface area contributed by atoms with E-state index in [0.717, 1.165) is 0 Å². The van der Waals surface area contributed by atoms with E-state index in [-0.39, 0.29) is 28.2 Å². The highest BCUT2D eigenvalue weighted by molar-refractivity contribution is 9.10. The Hall–Kier alpha value is -0.750. The number of alkyl halides is 2. The molecule has 1 aromatic heterocycles. The molecule has 78 valence electrons. The lowest BCUT2D eigenvalue weighted by Crippen LogP contribution is -1.99. The normalized spacial score (nSPS) is 10.7. The number of aliphatic hydroxyl groups excluding tert-OH is 1. The molecular formula is C8H8BrF2NO2. The van der Waals surface area contributed by atoms with Crippen molar-refractivity contribution in [3.05, 3.63) is 21.8 Å². The fraction of sp³-hybridized carbons (Fsp3) is 0.375. The highest BCUT2D eigenvalue weighted by Gasteiger charge is 2.16. The molecule has 1 aromatic rings. The quantitative estimate of drug-likeness (QED) is 0.855. The Kier molecular flexibility index (Phi) is 3.77. The van der Waals surface area contributed by atoms with Gasteiger partial charge in [-0.25, -0.2) is 13.8 Å². The molecule has 0 atom stereocenters. The fourth-order valence-electron chi connectivity index (χ4n) is 0.978. The van der Waals surface area contributed by atoms with Crippen LogP contribution in [0.5, 0.6) is 5.88 Å². The zero-order valence-corrected chi connectivity index (χ0v) is 8.88. The van der Waals surface area contributed by atoms with Gasteiger partial charge in [-0.1, -0.05) is 0 Å². The van der Waals surface area contributed by atoms with Gasteiger partial charge in [0, 0.05) is 5.56 Å². The van der Waals surface area contributed by atoms with E-state index in [2.05, 4.69) is 20.9 Å². The number of hydrogen-bond acceptors (Lipinski definition) is 3. The first-order valence-electron chi connectivity index (χ1n) is 3.72. The summed E-state index contributed by atoms with van der Waals surface area (Å²) in [5, 5.41) is 8.87. The van der Waals surface area contributed by atoms with Gasteiger partial charge in [0.05, 0.1) is 19.3 Å². The molecular weight excluding hydrogens is 260 g/mol. The van der Waals surface area contributed by atoms with Crippen molar-refractivity contribution in [3.63, 3.8) is 0 Å². The zero-order valence-electron chi connectivity index (χ0n) is 7.30. The second-order valence-corrected chi connectivity index (χ2v) is 3.25. The third-order valence-electron chi connectivity index (χ3n) is 1.64. The lowest BCUT2D eigenvalue weighted by Gasteiger charge is -2.09. The second kappa shape index (κ2) is 4.65. The van der Waals surface area contributed by atoms with Crippen molar-refractivity contribution < 1.29 is 18.6 Å². The molecule has 1 rings (SSSR count). The van der Waals surface area contributed by atoms with Gasteiger partial charge in [-0.2, -0.15) is 0 Å². The monoisotopic (exact) mass is 267 g/mol. The summed E-state index contributed by atoms with van der Waals surface area (Å²) in [7, 11) is 1.36. The molecule has 0 spiro atoms. The van der Waals surface area contributed by atoms with Crippen LogP contribution in [0.25, 0.3) is 0 Å². The van der Waals surface area contributed by atoms with E-state index >= 15 is 0 Å². The minimum absolute atomic E-state index is 0.0292. The van der Waals surface area contributed by atoms with E-state index in [4.69, 9.17) is 9.84 Å². The topological polar surface area (TPSA) is 42.4 Å². The number of aromatic nitrogens is 1. The van der Waals surface area contributed by atoms with Gasteiger partial charge in [-0.3, -0.25) is 0 Å². The number of hydrogen-bond donors (Lipinski definition) is 1. The van der Waals surface area contributed by atoms with E-state index in [9.17, 15) is 8.78 Å². The lowest BCUT2D eigenvalue weighted by molar-refractivity contribution is 0.149. The Labute approximate surface area is 87.9 Å². The van der Waals surface area contributed by atoms with Crippen LogP contribution in [0, 0.1) is 0 Å². The lowest BCUT2D eigenvalue weighted by atomic mass is 10.2. The van der Waals surface area contributed by atoms with Crippen LogP contribution in [0.1, 0.15) is 17.6 Å². The molecule has 0 bridgehead atoms. The molecule has 1 N–H and O–H groups in total. The average molecular weight is 268 g/mol. The molecule has 0 aliphatic heterocycles. The van der Waals surface area contributed by atoms with E-state index in [0.29, 0.717) is 0 Å². The fourth-order valence-corrected chi connectivity index (χ4v) is 1.43. The van der Waals surface area contributed by atoms with Gasteiger partial charge in [0.1, 0.15) is 4.60 Å². The number of halogens is 3. The van der Waals surface area contributed by atoms with Crippen molar-refractivity contribution in [1.82, 2.24) is 4.98 Å². The molecule has 0 saturated carbocycles. The molecule has 0 aliphatic carbocycles. The SMILES string of the molecule is COc1nc(Br)c(C(F)F)cc1CO. The molecule has 0 fully saturated rings. The molecule has 0 unspecified atom stereocenters. The molecule has 1 heterocycles. The van der Waals surface area contributed by atoms with Crippen molar-refractivity contribution in [3.8, 4) is 5.88 Å². The van der Waals surface area contributed by atoms with Gasteiger partial charge in [0.2, 0.25) is 5.88 Å². The van der Waals surface area contributed by atoms with E-state index in [1.54, 1.807) is 0 Å². The van der Waals surface area contributed by atoms with Gasteiger partial charge < -0.3 is 9.84 Å². The highest BCUT2D eigenvalue weighted by atomic mass is 79.9. The maximum atomic E-state index is 12.4. The number of ether oxygens (including phenoxy) is 1. The first-order chi connectivity index (χ1) is 6.60. The standard InChI is InChI=1S/C8H8BrF2NO2/c1-14-8-4(3-13)2-5(7(10)11)6(9)12-8/h2,7,13H,3H2,1H3. The van der Waals surface area contributed by atoms with Gasteiger partial charge in [0.15, 0.2) is 0 Å². The van der Waals surface area contributed by atoms with Crippen molar-refractivity contribution >= 4 is 15.9 Å². The van der Waals surface area contributed by atoms with Gasteiger partial charge in [-0.15, -0.1) is 0 Å². The Morgan fingerprint density at radius 2 is 2.29 bits per heavy atom. The van der Waals surface area contributed by atoms with Crippen LogP contribution < -0.4 is 4.74 Å². The molecule has 3 nitrogen and oxygen atoms in total. The summed E-state index contributed by atoms with van der Waals surface area (Å²) in [4.78, 5) is 3.74. The summed E-state index contributed by atoms with van der Waals surface area (Å²) >= 11 is 2.90. The zero-order chi connectivity index (χ0) is 10.7. The molecule has 0 aromatic carbocycles. The van der Waals surface area contributed by atoms with E-state index < -0.39 is 6.43 Å². The highest BCUT2D eigenvalue weighted by Crippen LogP contribution is 2.30. The van der Waals surface area contributed by atoms with Crippen molar-refractivity contribution in [2.24, 2.45) is 0 Å². The molecule has 0 radical (unpaired) electrons. The summed E-state index contributed by atoms with van der Waals surface area (Å²) in [5.74, 6) is 0.142. The average Bonchev–Trinajstić information content (AvgIpc) is 2.16. The maximum Gasteiger partial charge on any atom is 0.266 e. The second-order valence-electron chi connectivity index (χ2n) is 2.50. The van der Waals surface area contributed by atoms with E-state index in [1.807, 2.05) is 0 Å². The van der Waals surface area contributed by atoms with Crippen LogP contribution >= 0.6 is 15.9 Å². The van der Waals surface area contributed by atoms with Crippen molar-refractivity contribution in [2.45, 2.75) is 13.0 Å². The summed E-state index contributed by atoms with van der Waals surface area (Å²) < 4.78 is 29.6. The van der Waals surface area contributed by atoms with Gasteiger partial charge in [0.25, 0.3) is 6.43 Å². The first-order valence-corrected chi connectivity index (χ1v) is 4.51. The Morgan fingerprint density at radius 1 is 1.64 bits per heavy atom. The predicted octanol–water partition coefficient (Wildman–Crippen LogP) is 2.28. The summed E-state index contributed by atoms with van der Waals surface area (Å²) in [6.45, 7) is -0.386. The van der Waals surface area contributed by atoms with Crippen molar-refractivity contribution in [1.29, 1.82) is 0 Å². The molecule has 6 heteroatoms. The minimum Gasteiger partial charge on any atom is -0.481 e. The summed E-state index contributed by atoms with van der Waals surface area (Å²) in [6.07, 6.45) is -2.63. The number of nitrogens with zero attached hydrogens (tertiary/aromatic N) is 1. The molecule has 0 aliphatic rings. The van der Waals surface area contributed by atoms with Crippen LogP contribution in [0.15, 0.2) is 10.7 Å². The number of aliphatic hydroxyl groups is 1. The van der Waals surface area contributed by atoms with Crippen LogP contribution in [0.4, 0.5) is 8.78 Å². The molecule has 0 amide bonds. The number of rotatable bonds is 3. The third kappa shape index (κ3) is 2.19. The van der Waals surface area contributed by atoms with Crippen molar-refractivity contribution in [2.75, 3.05) is 7.11 Å². The summed E-state index contributed by atoms with van der Waals surface area (Å²) in [6, 6.07) is 1.17. The number of methoxy groups -OCH3 is 1. The Bertz CT molecular complexity index is 333. The molecule has 0 saturated heterocycles. The Balaban J connectivity index is 3.23. The smallest absolute Gasteiger partial charge is 0.266 e. The number of pyridine rings is 1. The van der Waals surface area contributed by atoms with Crippen LogP contribution in [0.3, 0.4) is 0 Å². The largest absolute Gasteiger partial charge is 0.481 e. The van der Waals surface area contributed by atoms with Crippen LogP contribution in [-0.2, 0) is 6.61 Å². The van der Waals surface area contributed by atoms with E-state index in [1.165, 1.54) is 13.2 Å². The van der Waals surface area contributed by atoms with Gasteiger partial charge >= 0.3 is 0 Å². The van der Waals surface area contributed by atoms with Crippen LogP contribution in [-0.4, -0.2) is 17.2 Å².